The van der Waals surface area contributed by atoms with Crippen LogP contribution in [0.4, 0.5) is 5.69 Å². The van der Waals surface area contributed by atoms with E-state index in [9.17, 15) is 13.2 Å². The van der Waals surface area contributed by atoms with Crippen LogP contribution in [0.5, 0.6) is 0 Å². The third-order valence-corrected chi connectivity index (χ3v) is 4.52. The van der Waals surface area contributed by atoms with Crippen LogP contribution >= 0.6 is 0 Å². The Morgan fingerprint density at radius 3 is 2.48 bits per heavy atom. The predicted molar refractivity (Wildman–Crippen MR) is 83.5 cm³/mol. The van der Waals surface area contributed by atoms with Gasteiger partial charge in [0.25, 0.3) is 0 Å². The summed E-state index contributed by atoms with van der Waals surface area (Å²) in [5, 5.41) is 2.70. The number of carbonyl (C=O) groups is 1. The minimum atomic E-state index is -3.55. The number of hydrogen-bond donors (Lipinski definition) is 3. The highest BCUT2D eigenvalue weighted by Gasteiger charge is 2.18. The van der Waals surface area contributed by atoms with Gasteiger partial charge >= 0.3 is 0 Å². The van der Waals surface area contributed by atoms with E-state index >= 15 is 0 Å². The molecule has 0 bridgehead atoms. The SMILES string of the molecule is CNS(=O)(=O)c1ccc(C)c(NC(=O)[C@@H](N)CC(C)C)c1. The summed E-state index contributed by atoms with van der Waals surface area (Å²) in [6, 6.07) is 3.95. The van der Waals surface area contributed by atoms with E-state index in [0.29, 0.717) is 18.0 Å². The number of amides is 1. The molecule has 7 heteroatoms. The number of carbonyl (C=O) groups excluding carboxylic acids is 1. The summed E-state index contributed by atoms with van der Waals surface area (Å²) in [4.78, 5) is 12.1. The second-order valence-electron chi connectivity index (χ2n) is 5.41. The molecule has 21 heavy (non-hydrogen) atoms. The molecule has 0 fully saturated rings. The fraction of sp³-hybridized carbons (Fsp3) is 0.500. The number of aryl methyl sites for hydroxylation is 1. The van der Waals surface area contributed by atoms with E-state index in [-0.39, 0.29) is 10.8 Å². The molecule has 0 heterocycles. The van der Waals surface area contributed by atoms with E-state index in [1.54, 1.807) is 13.0 Å². The zero-order chi connectivity index (χ0) is 16.2. The lowest BCUT2D eigenvalue weighted by Crippen LogP contribution is -2.36. The fourth-order valence-corrected chi connectivity index (χ4v) is 2.62. The molecular weight excluding hydrogens is 290 g/mol. The molecule has 1 atom stereocenters. The predicted octanol–water partition coefficient (Wildman–Crippen LogP) is 1.22. The Kier molecular flexibility index (Phi) is 5.88. The number of anilines is 1. The monoisotopic (exact) mass is 313 g/mol. The van der Waals surface area contributed by atoms with E-state index in [2.05, 4.69) is 10.0 Å². The number of rotatable bonds is 6. The molecule has 0 radical (unpaired) electrons. The standard InChI is InChI=1S/C14H23N3O3S/c1-9(2)7-12(15)14(18)17-13-8-11(6-5-10(13)3)21(19,20)16-4/h5-6,8-9,12,16H,7,15H2,1-4H3,(H,17,18)/t12-/m0/s1. The summed E-state index contributed by atoms with van der Waals surface area (Å²) in [5.41, 5.74) is 7.05. The van der Waals surface area contributed by atoms with E-state index in [1.807, 2.05) is 13.8 Å². The van der Waals surface area contributed by atoms with Gasteiger partial charge in [-0.1, -0.05) is 19.9 Å². The lowest BCUT2D eigenvalue weighted by molar-refractivity contribution is -0.117. The van der Waals surface area contributed by atoms with Gasteiger partial charge in [-0.2, -0.15) is 0 Å². The zero-order valence-electron chi connectivity index (χ0n) is 12.8. The van der Waals surface area contributed by atoms with Gasteiger partial charge in [-0.05, 0) is 44.0 Å². The minimum absolute atomic E-state index is 0.100. The van der Waals surface area contributed by atoms with Crippen molar-refractivity contribution in [3.63, 3.8) is 0 Å². The van der Waals surface area contributed by atoms with Gasteiger partial charge in [-0.3, -0.25) is 4.79 Å². The van der Waals surface area contributed by atoms with Crippen LogP contribution in [-0.4, -0.2) is 27.4 Å². The molecule has 0 aliphatic rings. The van der Waals surface area contributed by atoms with Gasteiger partial charge in [-0.15, -0.1) is 0 Å². The molecule has 0 aromatic heterocycles. The molecule has 1 aromatic rings. The maximum absolute atomic E-state index is 12.0. The van der Waals surface area contributed by atoms with Crippen molar-refractivity contribution in [2.24, 2.45) is 11.7 Å². The molecule has 0 saturated heterocycles. The molecule has 1 amide bonds. The fourth-order valence-electron chi connectivity index (χ4n) is 1.86. The first-order valence-electron chi connectivity index (χ1n) is 6.78. The Morgan fingerprint density at radius 1 is 1.33 bits per heavy atom. The van der Waals surface area contributed by atoms with Crippen LogP contribution < -0.4 is 15.8 Å². The highest BCUT2D eigenvalue weighted by Crippen LogP contribution is 2.20. The summed E-state index contributed by atoms with van der Waals surface area (Å²) < 4.78 is 25.8. The zero-order valence-corrected chi connectivity index (χ0v) is 13.6. The van der Waals surface area contributed by atoms with Crippen LogP contribution in [0.3, 0.4) is 0 Å². The lowest BCUT2D eigenvalue weighted by Gasteiger charge is -2.16. The molecule has 118 valence electrons. The molecule has 4 N–H and O–H groups in total. The molecule has 0 spiro atoms. The first-order valence-corrected chi connectivity index (χ1v) is 8.26. The van der Waals surface area contributed by atoms with Crippen molar-refractivity contribution in [1.82, 2.24) is 4.72 Å². The number of benzene rings is 1. The second-order valence-corrected chi connectivity index (χ2v) is 7.30. The van der Waals surface area contributed by atoms with Crippen molar-refractivity contribution in [1.29, 1.82) is 0 Å². The first kappa shape index (κ1) is 17.6. The maximum Gasteiger partial charge on any atom is 0.241 e. The molecule has 0 aliphatic heterocycles. The smallest absolute Gasteiger partial charge is 0.241 e. The Balaban J connectivity index is 2.98. The minimum Gasteiger partial charge on any atom is -0.324 e. The molecular formula is C14H23N3O3S. The van der Waals surface area contributed by atoms with Gasteiger partial charge in [0.2, 0.25) is 15.9 Å². The van der Waals surface area contributed by atoms with Crippen molar-refractivity contribution in [2.75, 3.05) is 12.4 Å². The van der Waals surface area contributed by atoms with Gasteiger partial charge in [-0.25, -0.2) is 13.1 Å². The third kappa shape index (κ3) is 4.80. The van der Waals surface area contributed by atoms with Crippen molar-refractivity contribution in [2.45, 2.75) is 38.1 Å². The molecule has 0 unspecified atom stereocenters. The lowest BCUT2D eigenvalue weighted by atomic mass is 10.0. The Hall–Kier alpha value is -1.44. The van der Waals surface area contributed by atoms with Gasteiger partial charge < -0.3 is 11.1 Å². The van der Waals surface area contributed by atoms with Crippen molar-refractivity contribution < 1.29 is 13.2 Å². The summed E-state index contributed by atoms with van der Waals surface area (Å²) in [6.07, 6.45) is 0.569. The second kappa shape index (κ2) is 7.02. The summed E-state index contributed by atoms with van der Waals surface area (Å²) in [6.45, 7) is 5.76. The number of sulfonamides is 1. The highest BCUT2D eigenvalue weighted by molar-refractivity contribution is 7.89. The molecule has 1 rings (SSSR count). The van der Waals surface area contributed by atoms with E-state index in [4.69, 9.17) is 5.73 Å². The molecule has 0 aliphatic carbocycles. The van der Waals surface area contributed by atoms with Crippen LogP contribution in [-0.2, 0) is 14.8 Å². The summed E-state index contributed by atoms with van der Waals surface area (Å²) in [7, 11) is -2.21. The van der Waals surface area contributed by atoms with Gasteiger partial charge in [0, 0.05) is 5.69 Å². The van der Waals surface area contributed by atoms with Crippen LogP contribution in [0.15, 0.2) is 23.1 Å². The average molecular weight is 313 g/mol. The van der Waals surface area contributed by atoms with Crippen LogP contribution in [0.25, 0.3) is 0 Å². The Morgan fingerprint density at radius 2 is 1.95 bits per heavy atom. The van der Waals surface area contributed by atoms with Crippen molar-refractivity contribution in [3.8, 4) is 0 Å². The quantitative estimate of drug-likeness (QED) is 0.735. The van der Waals surface area contributed by atoms with Gasteiger partial charge in [0.15, 0.2) is 0 Å². The molecule has 1 aromatic carbocycles. The van der Waals surface area contributed by atoms with E-state index in [1.165, 1.54) is 19.2 Å². The maximum atomic E-state index is 12.0. The van der Waals surface area contributed by atoms with Crippen LogP contribution in [0, 0.1) is 12.8 Å². The van der Waals surface area contributed by atoms with Gasteiger partial charge in [0.1, 0.15) is 0 Å². The highest BCUT2D eigenvalue weighted by atomic mass is 32.2. The molecule has 6 nitrogen and oxygen atoms in total. The van der Waals surface area contributed by atoms with Crippen molar-refractivity contribution >= 4 is 21.6 Å². The van der Waals surface area contributed by atoms with E-state index in [0.717, 1.165) is 5.56 Å². The van der Waals surface area contributed by atoms with Crippen LogP contribution in [0.2, 0.25) is 0 Å². The van der Waals surface area contributed by atoms with Crippen molar-refractivity contribution in [3.05, 3.63) is 23.8 Å². The first-order chi connectivity index (χ1) is 9.67. The number of nitrogens with one attached hydrogen (secondary N) is 2. The summed E-state index contributed by atoms with van der Waals surface area (Å²) in [5.74, 6) is -0.00587. The average Bonchev–Trinajstić information content (AvgIpc) is 2.40. The van der Waals surface area contributed by atoms with Crippen LogP contribution in [0.1, 0.15) is 25.8 Å². The molecule has 0 saturated carbocycles. The Bertz CT molecular complexity index is 612. The van der Waals surface area contributed by atoms with Gasteiger partial charge in [0.05, 0.1) is 10.9 Å². The third-order valence-electron chi connectivity index (χ3n) is 3.11. The number of nitrogens with two attached hydrogens (primary N) is 1. The summed E-state index contributed by atoms with van der Waals surface area (Å²) >= 11 is 0. The van der Waals surface area contributed by atoms with E-state index < -0.39 is 16.1 Å². The Labute approximate surface area is 126 Å². The number of hydrogen-bond acceptors (Lipinski definition) is 4. The topological polar surface area (TPSA) is 101 Å². The largest absolute Gasteiger partial charge is 0.324 e. The normalized spacial score (nSPS) is 13.2.